The average Bonchev–Trinajstić information content (AvgIpc) is 2.86. The summed E-state index contributed by atoms with van der Waals surface area (Å²) in [6.07, 6.45) is 4.60. The lowest BCUT2D eigenvalue weighted by atomic mass is 10.2. The number of phenols is 1. The summed E-state index contributed by atoms with van der Waals surface area (Å²) < 4.78 is 7.44. The van der Waals surface area contributed by atoms with Gasteiger partial charge in [-0.15, -0.1) is 0 Å². The number of H-pyrrole nitrogens is 1. The monoisotopic (exact) mass is 320 g/mol. The standard InChI is InChI=1S/C15H20N4O2S/c1-3-5-6-14-17-18-15(22)19(14)16-10-11-7-8-12(20)13(9-11)21-4-2/h7-10,20H,3-6H2,1-2H3,(H,18,22)/b16-10+. The summed E-state index contributed by atoms with van der Waals surface area (Å²) >= 11 is 5.19. The van der Waals surface area contributed by atoms with Gasteiger partial charge < -0.3 is 9.84 Å². The highest BCUT2D eigenvalue weighted by atomic mass is 32.1. The third-order valence-corrected chi connectivity index (χ3v) is 3.34. The number of aromatic amines is 1. The molecule has 0 saturated carbocycles. The van der Waals surface area contributed by atoms with E-state index in [1.165, 1.54) is 0 Å². The number of hydrogen-bond donors (Lipinski definition) is 2. The number of hydrogen-bond acceptors (Lipinski definition) is 5. The van der Waals surface area contributed by atoms with Gasteiger partial charge in [0.15, 0.2) is 17.3 Å². The zero-order valence-corrected chi connectivity index (χ0v) is 13.6. The summed E-state index contributed by atoms with van der Waals surface area (Å²) in [7, 11) is 0. The first-order chi connectivity index (χ1) is 10.7. The van der Waals surface area contributed by atoms with Crippen molar-refractivity contribution in [1.29, 1.82) is 0 Å². The minimum absolute atomic E-state index is 0.113. The molecule has 0 aliphatic carbocycles. The van der Waals surface area contributed by atoms with Crippen molar-refractivity contribution in [3.63, 3.8) is 0 Å². The lowest BCUT2D eigenvalue weighted by molar-refractivity contribution is 0.318. The van der Waals surface area contributed by atoms with Crippen LogP contribution in [-0.4, -0.2) is 32.8 Å². The predicted octanol–water partition coefficient (Wildman–Crippen LogP) is 3.27. The Labute approximate surface area is 134 Å². The molecule has 0 radical (unpaired) electrons. The Kier molecular flexibility index (Phi) is 5.71. The van der Waals surface area contributed by atoms with E-state index < -0.39 is 0 Å². The minimum atomic E-state index is 0.113. The summed E-state index contributed by atoms with van der Waals surface area (Å²) in [5, 5.41) is 21.0. The zero-order valence-electron chi connectivity index (χ0n) is 12.7. The van der Waals surface area contributed by atoms with Crippen LogP contribution < -0.4 is 4.74 Å². The van der Waals surface area contributed by atoms with Crippen LogP contribution in [-0.2, 0) is 6.42 Å². The lowest BCUT2D eigenvalue weighted by Gasteiger charge is -2.06. The van der Waals surface area contributed by atoms with Gasteiger partial charge in [0.2, 0.25) is 4.77 Å². The van der Waals surface area contributed by atoms with Gasteiger partial charge in [-0.1, -0.05) is 13.3 Å². The fourth-order valence-electron chi connectivity index (χ4n) is 1.95. The van der Waals surface area contributed by atoms with E-state index in [0.717, 1.165) is 30.7 Å². The number of ether oxygens (including phenoxy) is 1. The molecule has 0 fully saturated rings. The highest BCUT2D eigenvalue weighted by Gasteiger charge is 2.05. The first-order valence-corrected chi connectivity index (χ1v) is 7.73. The fraction of sp³-hybridized carbons (Fsp3) is 0.400. The summed E-state index contributed by atoms with van der Waals surface area (Å²) in [6.45, 7) is 4.48. The maximum Gasteiger partial charge on any atom is 0.216 e. The van der Waals surface area contributed by atoms with Crippen LogP contribution in [0.3, 0.4) is 0 Å². The quantitative estimate of drug-likeness (QED) is 0.606. The summed E-state index contributed by atoms with van der Waals surface area (Å²) in [5.41, 5.74) is 0.811. The van der Waals surface area contributed by atoms with Crippen molar-refractivity contribution in [2.75, 3.05) is 6.61 Å². The van der Waals surface area contributed by atoms with Crippen LogP contribution in [0.4, 0.5) is 0 Å². The number of unbranched alkanes of at least 4 members (excludes halogenated alkanes) is 1. The normalized spacial score (nSPS) is 11.2. The number of benzene rings is 1. The first kappa shape index (κ1) is 16.2. The van der Waals surface area contributed by atoms with E-state index >= 15 is 0 Å². The Balaban J connectivity index is 2.23. The van der Waals surface area contributed by atoms with E-state index in [2.05, 4.69) is 22.2 Å². The molecule has 0 aliphatic heterocycles. The summed E-state index contributed by atoms with van der Waals surface area (Å²) in [4.78, 5) is 0. The van der Waals surface area contributed by atoms with Crippen molar-refractivity contribution in [2.24, 2.45) is 5.10 Å². The molecule has 0 unspecified atom stereocenters. The van der Waals surface area contributed by atoms with E-state index in [4.69, 9.17) is 17.0 Å². The second-order valence-electron chi connectivity index (χ2n) is 4.77. The van der Waals surface area contributed by atoms with Gasteiger partial charge in [0, 0.05) is 6.42 Å². The van der Waals surface area contributed by atoms with Gasteiger partial charge in [-0.25, -0.2) is 0 Å². The third-order valence-electron chi connectivity index (χ3n) is 3.08. The van der Waals surface area contributed by atoms with Crippen molar-refractivity contribution in [1.82, 2.24) is 14.9 Å². The van der Waals surface area contributed by atoms with Crippen LogP contribution in [0.25, 0.3) is 0 Å². The maximum absolute atomic E-state index is 9.70. The molecule has 2 rings (SSSR count). The highest BCUT2D eigenvalue weighted by molar-refractivity contribution is 7.71. The van der Waals surface area contributed by atoms with Crippen LogP contribution in [0.1, 0.15) is 38.1 Å². The van der Waals surface area contributed by atoms with Crippen molar-refractivity contribution in [3.05, 3.63) is 34.4 Å². The van der Waals surface area contributed by atoms with Crippen LogP contribution >= 0.6 is 12.2 Å². The molecule has 1 aromatic carbocycles. The molecule has 0 amide bonds. The Morgan fingerprint density at radius 1 is 1.45 bits per heavy atom. The lowest BCUT2D eigenvalue weighted by Crippen LogP contribution is -1.99. The molecule has 7 heteroatoms. The number of nitrogens with zero attached hydrogens (tertiary/aromatic N) is 3. The Bertz CT molecular complexity index is 706. The van der Waals surface area contributed by atoms with Gasteiger partial charge in [-0.2, -0.15) is 14.9 Å². The van der Waals surface area contributed by atoms with Gasteiger partial charge >= 0.3 is 0 Å². The summed E-state index contributed by atoms with van der Waals surface area (Å²) in [6, 6.07) is 5.08. The molecular weight excluding hydrogens is 300 g/mol. The van der Waals surface area contributed by atoms with Crippen LogP contribution in [0.15, 0.2) is 23.3 Å². The van der Waals surface area contributed by atoms with Gasteiger partial charge in [0.1, 0.15) is 0 Å². The number of nitrogens with one attached hydrogen (secondary N) is 1. The fourth-order valence-corrected chi connectivity index (χ4v) is 2.14. The smallest absolute Gasteiger partial charge is 0.216 e. The highest BCUT2D eigenvalue weighted by Crippen LogP contribution is 2.26. The molecule has 118 valence electrons. The number of aromatic nitrogens is 3. The largest absolute Gasteiger partial charge is 0.504 e. The minimum Gasteiger partial charge on any atom is -0.504 e. The topological polar surface area (TPSA) is 75.4 Å². The molecule has 1 aromatic heterocycles. The molecule has 0 atom stereocenters. The summed E-state index contributed by atoms with van der Waals surface area (Å²) in [5.74, 6) is 1.36. The number of aryl methyl sites for hydroxylation is 1. The molecule has 0 saturated heterocycles. The SMILES string of the molecule is CCCCc1n[nH]c(=S)n1/N=C/c1ccc(O)c(OCC)c1. The zero-order chi connectivity index (χ0) is 15.9. The van der Waals surface area contributed by atoms with Crippen molar-refractivity contribution < 1.29 is 9.84 Å². The molecule has 0 bridgehead atoms. The number of phenolic OH excluding ortho intramolecular Hbond substituents is 1. The Morgan fingerprint density at radius 2 is 2.27 bits per heavy atom. The average molecular weight is 320 g/mol. The molecule has 1 heterocycles. The van der Waals surface area contributed by atoms with Gasteiger partial charge in [-0.3, -0.25) is 5.10 Å². The van der Waals surface area contributed by atoms with Gasteiger partial charge in [-0.05, 0) is 49.3 Å². The van der Waals surface area contributed by atoms with Gasteiger partial charge in [0.05, 0.1) is 12.8 Å². The van der Waals surface area contributed by atoms with E-state index in [9.17, 15) is 5.11 Å². The van der Waals surface area contributed by atoms with E-state index in [-0.39, 0.29) is 5.75 Å². The molecule has 0 spiro atoms. The molecular formula is C15H20N4O2S. The maximum atomic E-state index is 9.70. The molecule has 2 aromatic rings. The first-order valence-electron chi connectivity index (χ1n) is 7.32. The van der Waals surface area contributed by atoms with Gasteiger partial charge in [0.25, 0.3) is 0 Å². The van der Waals surface area contributed by atoms with E-state index in [1.54, 1.807) is 29.1 Å². The molecule has 0 aliphatic rings. The second-order valence-corrected chi connectivity index (χ2v) is 5.15. The molecule has 2 N–H and O–H groups in total. The molecule has 22 heavy (non-hydrogen) atoms. The van der Waals surface area contributed by atoms with Crippen LogP contribution in [0.2, 0.25) is 0 Å². The van der Waals surface area contributed by atoms with Crippen LogP contribution in [0, 0.1) is 4.77 Å². The second kappa shape index (κ2) is 7.74. The van der Waals surface area contributed by atoms with Crippen molar-refractivity contribution in [2.45, 2.75) is 33.1 Å². The van der Waals surface area contributed by atoms with E-state index in [1.807, 2.05) is 6.92 Å². The van der Waals surface area contributed by atoms with Crippen molar-refractivity contribution >= 4 is 18.4 Å². The number of aromatic hydroxyl groups is 1. The van der Waals surface area contributed by atoms with Crippen molar-refractivity contribution in [3.8, 4) is 11.5 Å². The number of rotatable bonds is 7. The Hall–Kier alpha value is -2.15. The van der Waals surface area contributed by atoms with E-state index in [0.29, 0.717) is 17.1 Å². The third kappa shape index (κ3) is 3.94. The molecule has 6 nitrogen and oxygen atoms in total. The Morgan fingerprint density at radius 3 is 3.00 bits per heavy atom. The predicted molar refractivity (Wildman–Crippen MR) is 88.3 cm³/mol. The van der Waals surface area contributed by atoms with Crippen LogP contribution in [0.5, 0.6) is 11.5 Å².